The van der Waals surface area contributed by atoms with E-state index in [1.165, 1.54) is 0 Å². The average Bonchev–Trinajstić information content (AvgIpc) is 2.83. The molecule has 0 aliphatic heterocycles. The van der Waals surface area contributed by atoms with Crippen molar-refractivity contribution in [2.75, 3.05) is 14.2 Å². The fourth-order valence-electron chi connectivity index (χ4n) is 4.40. The molecule has 0 aromatic heterocycles. The Morgan fingerprint density at radius 3 is 1.24 bits per heavy atom. The Balaban J connectivity index is 2.31. The van der Waals surface area contributed by atoms with Crippen molar-refractivity contribution in [2.24, 2.45) is 0 Å². The van der Waals surface area contributed by atoms with Crippen LogP contribution in [0.3, 0.4) is 0 Å². The van der Waals surface area contributed by atoms with Gasteiger partial charge in [-0.15, -0.1) is 0 Å². The van der Waals surface area contributed by atoms with E-state index in [-0.39, 0.29) is 0 Å². The van der Waals surface area contributed by atoms with E-state index in [4.69, 9.17) is 9.26 Å². The Morgan fingerprint density at radius 1 is 0.483 bits per heavy atom. The molecular formula is C26H25O2P. The van der Waals surface area contributed by atoms with Gasteiger partial charge in [-0.1, -0.05) is 0 Å². The van der Waals surface area contributed by atoms with Crippen LogP contribution in [0.4, 0.5) is 0 Å². The van der Waals surface area contributed by atoms with Crippen LogP contribution in [0.15, 0.2) is 115 Å². The minimum atomic E-state index is -3.54. The number of para-hydroxylation sites is 1. The molecule has 0 radical (unpaired) electrons. The molecule has 0 bridgehead atoms. The van der Waals surface area contributed by atoms with Crippen molar-refractivity contribution in [1.82, 2.24) is 0 Å². The van der Waals surface area contributed by atoms with Crippen LogP contribution in [0.5, 0.6) is 5.75 Å². The first-order valence-corrected chi connectivity index (χ1v) is 11.8. The number of methoxy groups -OCH3 is 1. The fraction of sp³-hybridized carbons (Fsp3) is 0.0769. The Hall–Kier alpha value is -2.93. The van der Waals surface area contributed by atoms with Crippen LogP contribution in [0.2, 0.25) is 0 Å². The number of ether oxygens (including phenoxy) is 1. The van der Waals surface area contributed by atoms with Crippen LogP contribution in [0, 0.1) is 0 Å². The van der Waals surface area contributed by atoms with Crippen molar-refractivity contribution in [1.29, 1.82) is 0 Å². The Morgan fingerprint density at radius 2 is 0.862 bits per heavy atom. The van der Waals surface area contributed by atoms with Gasteiger partial charge < -0.3 is 0 Å². The summed E-state index contributed by atoms with van der Waals surface area (Å²) in [6, 6.07) is 39.9. The number of hydrogen-bond donors (Lipinski definition) is 0. The summed E-state index contributed by atoms with van der Waals surface area (Å²) in [4.78, 5) is 0. The summed E-state index contributed by atoms with van der Waals surface area (Å²) in [6.07, 6.45) is 0. The zero-order chi connectivity index (χ0) is 20.2. The van der Waals surface area contributed by atoms with E-state index in [2.05, 4.69) is 84.9 Å². The fourth-order valence-corrected chi connectivity index (χ4v) is 10.1. The van der Waals surface area contributed by atoms with Crippen LogP contribution in [0.25, 0.3) is 0 Å². The first-order valence-electron chi connectivity index (χ1n) is 9.66. The molecule has 2 nitrogen and oxygen atoms in total. The second kappa shape index (κ2) is 7.83. The monoisotopic (exact) mass is 400 g/mol. The molecule has 3 heteroatoms. The van der Waals surface area contributed by atoms with Crippen molar-refractivity contribution < 1.29 is 9.26 Å². The summed E-state index contributed by atoms with van der Waals surface area (Å²) in [5.41, 5.74) is 0. The van der Waals surface area contributed by atoms with E-state index in [0.717, 1.165) is 27.0 Å². The first-order chi connectivity index (χ1) is 14.3. The molecule has 0 unspecified atom stereocenters. The predicted molar refractivity (Wildman–Crippen MR) is 125 cm³/mol. The van der Waals surface area contributed by atoms with Gasteiger partial charge in [-0.2, -0.15) is 0 Å². The van der Waals surface area contributed by atoms with E-state index < -0.39 is 6.83 Å². The standard InChI is InChI=1S/C26H25O2P/c1-27-25-20-12-13-21-26(25)29(28-2,22-14-6-3-7-15-22,23-16-8-4-9-17-23)24-18-10-5-11-19-24/h3-21H,1-2H3. The molecule has 0 heterocycles. The molecule has 0 spiro atoms. The predicted octanol–water partition coefficient (Wildman–Crippen LogP) is 4.41. The molecular weight excluding hydrogens is 375 g/mol. The van der Waals surface area contributed by atoms with Gasteiger partial charge in [0.25, 0.3) is 0 Å². The van der Waals surface area contributed by atoms with Gasteiger partial charge in [0.2, 0.25) is 0 Å². The SMILES string of the molecule is COc1ccccc1P(OC)(c1ccccc1)(c1ccccc1)c1ccccc1. The summed E-state index contributed by atoms with van der Waals surface area (Å²) in [5, 5.41) is 4.49. The van der Waals surface area contributed by atoms with E-state index in [1.54, 1.807) is 7.11 Å². The van der Waals surface area contributed by atoms with Gasteiger partial charge in [-0.25, -0.2) is 0 Å². The minimum absolute atomic E-state index is 0.823. The van der Waals surface area contributed by atoms with Crippen LogP contribution in [0.1, 0.15) is 0 Å². The van der Waals surface area contributed by atoms with E-state index in [0.29, 0.717) is 0 Å². The van der Waals surface area contributed by atoms with Gasteiger partial charge in [-0.3, -0.25) is 0 Å². The molecule has 0 saturated heterocycles. The molecule has 0 N–H and O–H groups in total. The molecule has 0 amide bonds. The summed E-state index contributed by atoms with van der Waals surface area (Å²) in [5.74, 6) is 0.823. The molecule has 29 heavy (non-hydrogen) atoms. The third-order valence-electron chi connectivity index (χ3n) is 5.66. The molecule has 0 aliphatic rings. The zero-order valence-electron chi connectivity index (χ0n) is 16.7. The van der Waals surface area contributed by atoms with E-state index >= 15 is 0 Å². The Labute approximate surface area is 172 Å². The van der Waals surface area contributed by atoms with Gasteiger partial charge in [0.1, 0.15) is 0 Å². The molecule has 4 rings (SSSR count). The zero-order valence-corrected chi connectivity index (χ0v) is 17.6. The number of rotatable bonds is 6. The number of benzene rings is 4. The summed E-state index contributed by atoms with van der Waals surface area (Å²) in [6.45, 7) is -3.54. The van der Waals surface area contributed by atoms with Crippen molar-refractivity contribution in [3.8, 4) is 5.75 Å². The molecule has 0 fully saturated rings. The van der Waals surface area contributed by atoms with Crippen LogP contribution < -0.4 is 26.0 Å². The third-order valence-corrected chi connectivity index (χ3v) is 11.5. The summed E-state index contributed by atoms with van der Waals surface area (Å²) >= 11 is 0. The molecule has 146 valence electrons. The first kappa shape index (κ1) is 19.4. The molecule has 0 aliphatic carbocycles. The van der Waals surface area contributed by atoms with Gasteiger partial charge in [-0.05, 0) is 0 Å². The van der Waals surface area contributed by atoms with Gasteiger partial charge in [0.15, 0.2) is 0 Å². The van der Waals surface area contributed by atoms with Crippen molar-refractivity contribution >= 4 is 28.0 Å². The van der Waals surface area contributed by atoms with Crippen molar-refractivity contribution in [2.45, 2.75) is 0 Å². The van der Waals surface area contributed by atoms with Gasteiger partial charge in [0, 0.05) is 0 Å². The molecule has 4 aromatic rings. The van der Waals surface area contributed by atoms with Gasteiger partial charge in [0.05, 0.1) is 0 Å². The maximum atomic E-state index is 6.86. The molecule has 4 aromatic carbocycles. The van der Waals surface area contributed by atoms with Crippen LogP contribution >= 0.6 is 6.83 Å². The molecule has 0 atom stereocenters. The van der Waals surface area contributed by atoms with Crippen LogP contribution in [-0.2, 0) is 4.52 Å². The average molecular weight is 400 g/mol. The molecule has 0 saturated carbocycles. The normalized spacial score (nSPS) is 12.7. The van der Waals surface area contributed by atoms with Crippen molar-refractivity contribution in [3.05, 3.63) is 115 Å². The quantitative estimate of drug-likeness (QED) is 0.447. The second-order valence-electron chi connectivity index (χ2n) is 6.90. The Bertz CT molecular complexity index is 980. The van der Waals surface area contributed by atoms with Crippen molar-refractivity contribution in [3.63, 3.8) is 0 Å². The van der Waals surface area contributed by atoms with E-state index in [1.807, 2.05) is 37.4 Å². The summed E-state index contributed by atoms with van der Waals surface area (Å²) in [7, 11) is 3.55. The van der Waals surface area contributed by atoms with Gasteiger partial charge >= 0.3 is 173 Å². The second-order valence-corrected chi connectivity index (χ2v) is 11.4. The third kappa shape index (κ3) is 2.72. The van der Waals surface area contributed by atoms with Crippen LogP contribution in [-0.4, -0.2) is 14.2 Å². The maximum absolute atomic E-state index is 6.86. The topological polar surface area (TPSA) is 18.5 Å². The Kier molecular flexibility index (Phi) is 5.24. The number of hydrogen-bond acceptors (Lipinski definition) is 2. The van der Waals surface area contributed by atoms with E-state index in [9.17, 15) is 0 Å². The summed E-state index contributed by atoms with van der Waals surface area (Å²) < 4.78 is 12.8.